The highest BCUT2D eigenvalue weighted by molar-refractivity contribution is 14.1. The van der Waals surface area contributed by atoms with Crippen molar-refractivity contribution in [2.24, 2.45) is 0 Å². The molecule has 0 saturated carbocycles. The van der Waals surface area contributed by atoms with Crippen molar-refractivity contribution in [3.63, 3.8) is 0 Å². The Bertz CT molecular complexity index is 6540. The van der Waals surface area contributed by atoms with Crippen LogP contribution in [0.5, 0.6) is 0 Å². The average molecular weight is 1810 g/mol. The van der Waals surface area contributed by atoms with E-state index in [1.165, 1.54) is 50.6 Å². The normalized spacial score (nSPS) is 7.56. The van der Waals surface area contributed by atoms with Crippen LogP contribution in [0.15, 0.2) is 218 Å². The van der Waals surface area contributed by atoms with Crippen LogP contribution in [0.1, 0.15) is 61.1 Å². The van der Waals surface area contributed by atoms with E-state index in [-0.39, 0.29) is 34.8 Å². The van der Waals surface area contributed by atoms with E-state index in [2.05, 4.69) is 410 Å². The molecule has 0 spiro atoms. The lowest BCUT2D eigenvalue weighted by molar-refractivity contribution is -0.312. The molecule has 2 radical (unpaired) electrons. The van der Waals surface area contributed by atoms with E-state index < -0.39 is 12.0 Å². The lowest BCUT2D eigenvalue weighted by Gasteiger charge is -2.25. The zero-order chi connectivity index (χ0) is 85.7. The zero-order valence-corrected chi connectivity index (χ0v) is 69.2. The fraction of sp³-hybridized carbons (Fsp3) is 0.0297. The van der Waals surface area contributed by atoms with Gasteiger partial charge >= 0.3 is 15.1 Å². The average Bonchev–Trinajstić information content (AvgIpc) is 1.32. The van der Waals surface area contributed by atoms with Crippen LogP contribution in [0.2, 0.25) is 0 Å². The summed E-state index contributed by atoms with van der Waals surface area (Å²) in [5.74, 6) is 100. The summed E-state index contributed by atoms with van der Waals surface area (Å²) in [6.07, 6.45) is 16.5. The number of nitro groups is 1. The second-order valence-corrected chi connectivity index (χ2v) is 26.9. The van der Waals surface area contributed by atoms with Gasteiger partial charge in [-0.05, 0) is 351 Å². The van der Waals surface area contributed by atoms with Crippen LogP contribution < -0.4 is 20.1 Å². The van der Waals surface area contributed by atoms with Crippen molar-refractivity contribution >= 4 is 161 Å². The van der Waals surface area contributed by atoms with Gasteiger partial charge in [0.25, 0.3) is 0 Å². The molecule has 10 rings (SSSR count). The molecule has 0 saturated heterocycles. The highest BCUT2D eigenvalue weighted by Gasteiger charge is 2.16. The molecule has 4 heterocycles. The van der Waals surface area contributed by atoms with Crippen molar-refractivity contribution in [2.45, 2.75) is 21.8 Å². The summed E-state index contributed by atoms with van der Waals surface area (Å²) in [7, 11) is 2.39. The topological polar surface area (TPSA) is 145 Å². The number of rotatable bonds is 13. The van der Waals surface area contributed by atoms with Crippen molar-refractivity contribution in [1.82, 2.24) is 4.89 Å². The monoisotopic (exact) mass is 1810 g/mol. The maximum atomic E-state index is 11.0. The number of halogens is 1. The number of carbonyl (C=O) groups excluding carboxylic acids is 2. The van der Waals surface area contributed by atoms with Gasteiger partial charge in [-0.25, -0.2) is 4.28 Å². The zero-order valence-electron chi connectivity index (χ0n) is 62.0. The third-order valence-corrected chi connectivity index (χ3v) is 18.4. The van der Waals surface area contributed by atoms with Crippen LogP contribution in [-0.2, 0) is 4.28 Å². The van der Waals surface area contributed by atoms with Gasteiger partial charge in [0.2, 0.25) is 0 Å². The molecule has 0 bridgehead atoms. The molecular weight excluding hydrogens is 1720 g/mol. The van der Waals surface area contributed by atoms with Gasteiger partial charge in [0.05, 0.1) is 12.6 Å². The van der Waals surface area contributed by atoms with Crippen molar-refractivity contribution < 1.29 is 48.7 Å². The number of terminal acetylenes is 3. The Kier molecular flexibility index (Phi) is 55.6. The van der Waals surface area contributed by atoms with E-state index in [1.807, 2.05) is 114 Å². The van der Waals surface area contributed by atoms with Gasteiger partial charge in [-0.3, -0.25) is 19.7 Å². The standard InChI is InChI=1S/C27H19NOS2.C27H4.C18H16BNO2.C18H2.C9H5IOS2.2CH4.BNO2.H3NOS2.14H2/c29-19-24-15-16-26(30-24)27-18-17-25(31-27)20-11-13-23(14-12-20)28(21-7-3-1-4-8-21)22-9-5-2-6-10-22;1-3-5-7-9-11-13-15-17-19-21-23-25-27-26-24-22-20-18-16-14-12-10-8-6-4-2;21-19(22)15-11-13-18(14-12-15)20(16-7-3-1-4-8-16)17-9-5-2-6-10-17;1-3-5-7-9-11-13-15-17-18-16-14-12-10-8-6-4-2;10-9-4-3-8(13-9)7-2-1-6(5-11)12-7;;;1-2(3)4;3-1-2-4;;;;;;;;;;;;;;/h1-19H;1H,2H3;1-14,21-22H;1-2H;1-5H;2*1H4;;1,3-4H;14*1H. The number of para-hydroxylation sites is 4. The number of thiol groups is 2. The summed E-state index contributed by atoms with van der Waals surface area (Å²) in [6.45, 7) is 1.69. The predicted molar refractivity (Wildman–Crippen MR) is 548 cm³/mol. The minimum absolute atomic E-state index is 0. The van der Waals surface area contributed by atoms with Crippen molar-refractivity contribution in [2.75, 3.05) is 9.80 Å². The van der Waals surface area contributed by atoms with E-state index in [4.69, 9.17) is 29.4 Å². The second-order valence-electron chi connectivity index (χ2n) is 20.2. The molecule has 3 N–H and O–H groups in total. The molecule has 10 aromatic rings. The molecule has 0 fully saturated rings. The minimum atomic E-state index is -1.45. The van der Waals surface area contributed by atoms with Crippen LogP contribution in [0.4, 0.5) is 34.1 Å². The van der Waals surface area contributed by atoms with E-state index in [9.17, 15) is 19.6 Å². The van der Waals surface area contributed by atoms with Gasteiger partial charge in [0.1, 0.15) is 0 Å². The lowest BCUT2D eigenvalue weighted by Crippen LogP contribution is -2.29. The van der Waals surface area contributed by atoms with Crippen molar-refractivity contribution in [3.8, 4) is 292 Å². The summed E-state index contributed by atoms with van der Waals surface area (Å²) in [5.41, 5.74) is 8.09. The Morgan fingerprint density at radius 2 is 0.628 bits per heavy atom. The quantitative estimate of drug-likeness (QED) is 0.0111. The van der Waals surface area contributed by atoms with Gasteiger partial charge in [0, 0.05) is 139 Å². The SMILES string of the molecule is C.C.C#CC#CC#CC#CC#CC#CC#CC#CC#C.C#CC#CC#CC#CC#CC#CC#CC#CC#CC#CC#CC#CC#CC.O=Cc1ccc(-c2ccc(-c3ccc(N(c4ccccc4)c4ccccc4)cc3)s2)s1.O=Cc1ccc(-c2ccc(I)s2)s1.OB(O)c1ccc(N(c2ccccc2)c2ccccc2)cc1.SNOS.[B][N+](=O)[O-].[HH].[HH].[HH].[HH].[HH].[HH].[HH].[HH].[HH].[HH].[HH].[HH].[HH].[HH]. The van der Waals surface area contributed by atoms with Gasteiger partial charge in [-0.1, -0.05) is 135 Å². The molecule has 4 aromatic heterocycles. The lowest BCUT2D eigenvalue weighted by atomic mass is 9.80. The third-order valence-electron chi connectivity index (χ3n) is 12.6. The maximum Gasteiger partial charge on any atom is 0.655 e. The fourth-order valence-corrected chi connectivity index (χ4v) is 12.6. The highest BCUT2D eigenvalue weighted by atomic mass is 127. The number of hydrogen-bond donors (Lipinski definition) is 5. The number of hydrogen-bond acceptors (Lipinski definition) is 16. The molecule has 0 atom stereocenters. The Hall–Kier alpha value is -15.8. The summed E-state index contributed by atoms with van der Waals surface area (Å²) < 4.78 is 5.12. The first-order valence-corrected chi connectivity index (χ1v) is 38.2. The summed E-state index contributed by atoms with van der Waals surface area (Å²) in [4.78, 5) is 42.9. The third kappa shape index (κ3) is 44.6. The number of anilines is 6. The first-order valence-electron chi connectivity index (χ1n) is 33.0. The highest BCUT2D eigenvalue weighted by Crippen LogP contribution is 2.40. The van der Waals surface area contributed by atoms with Gasteiger partial charge in [0.15, 0.2) is 12.6 Å². The smallest absolute Gasteiger partial charge is 0.423 e. The molecule has 0 unspecified atom stereocenters. The number of nitrogens with one attached hydrogen (secondary N) is 1. The molecule has 11 nitrogen and oxygen atoms in total. The Morgan fingerprint density at radius 3 is 0.868 bits per heavy atom. The molecule has 0 aliphatic rings. The van der Waals surface area contributed by atoms with Crippen LogP contribution in [0.3, 0.4) is 0 Å². The van der Waals surface area contributed by atoms with Gasteiger partial charge in [-0.15, -0.1) is 69.5 Å². The second kappa shape index (κ2) is 66.5. The van der Waals surface area contributed by atoms with E-state index >= 15 is 0 Å². The summed E-state index contributed by atoms with van der Waals surface area (Å²) in [5, 5.41) is 27.0. The van der Waals surface area contributed by atoms with Crippen LogP contribution in [0, 0.1) is 275 Å². The van der Waals surface area contributed by atoms with Gasteiger partial charge < -0.3 is 19.8 Å². The van der Waals surface area contributed by atoms with Crippen molar-refractivity contribution in [3.05, 3.63) is 241 Å². The Balaban J connectivity index is -0.000000122. The van der Waals surface area contributed by atoms with E-state index in [0.717, 1.165) is 61.3 Å². The van der Waals surface area contributed by atoms with E-state index in [0.29, 0.717) is 5.46 Å². The molecule has 20 heteroatoms. The number of benzene rings is 6. The first-order chi connectivity index (χ1) is 58.3. The molecule has 0 aliphatic carbocycles. The largest absolute Gasteiger partial charge is 0.655 e. The summed E-state index contributed by atoms with van der Waals surface area (Å²) in [6, 6.07) is 73.1. The maximum absolute atomic E-state index is 11.0. The molecular formula is C101H85B2IN4O7S6. The Morgan fingerprint density at radius 1 is 0.397 bits per heavy atom. The van der Waals surface area contributed by atoms with Crippen LogP contribution >= 0.6 is 93.7 Å². The molecule has 0 aliphatic heterocycles. The van der Waals surface area contributed by atoms with Gasteiger partial charge in [-0.2, -0.15) is 0 Å². The van der Waals surface area contributed by atoms with Crippen molar-refractivity contribution in [1.29, 1.82) is 0 Å². The molecule has 0 amide bonds. The number of thiophene rings is 4. The van der Waals surface area contributed by atoms with Crippen LogP contribution in [-0.4, -0.2) is 42.6 Å². The molecule has 121 heavy (non-hydrogen) atoms. The minimum Gasteiger partial charge on any atom is -0.423 e. The van der Waals surface area contributed by atoms with Crippen LogP contribution in [0.25, 0.3) is 29.9 Å². The van der Waals surface area contributed by atoms with E-state index in [1.54, 1.807) is 41.7 Å². The Labute approximate surface area is 773 Å². The number of nitrogens with zero attached hydrogens (tertiary/aromatic N) is 3. The first kappa shape index (κ1) is 101. The fourth-order valence-electron chi connectivity index (χ4n) is 8.14. The number of carbonyl (C=O) groups is 2. The predicted octanol–water partition coefficient (Wildman–Crippen LogP) is 20.4. The summed E-state index contributed by atoms with van der Waals surface area (Å²) >= 11 is 15.5. The molecule has 6 aromatic carbocycles. The number of aldehydes is 2. The molecule has 600 valence electrons.